The van der Waals surface area contributed by atoms with Crippen LogP contribution >= 0.6 is 0 Å². The molecule has 204 valence electrons. The predicted octanol–water partition coefficient (Wildman–Crippen LogP) is 3.15. The molecule has 2 aromatic carbocycles. The zero-order chi connectivity index (χ0) is 28.3. The summed E-state index contributed by atoms with van der Waals surface area (Å²) in [5.74, 6) is -2.59. The van der Waals surface area contributed by atoms with Gasteiger partial charge in [-0.1, -0.05) is 45.0 Å². The van der Waals surface area contributed by atoms with E-state index in [1.807, 2.05) is 20.8 Å². The number of aromatic nitrogens is 2. The average molecular weight is 548 g/mol. The van der Waals surface area contributed by atoms with Crippen molar-refractivity contribution in [1.29, 1.82) is 0 Å². The molecule has 0 radical (unpaired) electrons. The number of sulfone groups is 1. The Hall–Kier alpha value is -3.77. The standard InChI is InChI=1S/C26H30FN3O7S/c1-26(2,3)22(31)15-37-23-13-20(29-30(23)21-8-6-5-7-18(21)27)25(34)28-19(14-24(32)33)16-9-11-17(12-10-16)38(4,35)36/h5-13,19,22,31H,14-15H2,1-4H3,(H,28,34)(H,32,33)/t19-,22-/m0/s1. The van der Waals surface area contributed by atoms with Crippen molar-refractivity contribution in [1.82, 2.24) is 15.1 Å². The maximum atomic E-state index is 14.6. The Morgan fingerprint density at radius 3 is 2.32 bits per heavy atom. The van der Waals surface area contributed by atoms with Gasteiger partial charge in [0.25, 0.3) is 5.91 Å². The molecule has 1 amide bonds. The summed E-state index contributed by atoms with van der Waals surface area (Å²) >= 11 is 0. The van der Waals surface area contributed by atoms with Gasteiger partial charge in [0, 0.05) is 12.3 Å². The third-order valence-corrected chi connectivity index (χ3v) is 6.90. The van der Waals surface area contributed by atoms with Gasteiger partial charge in [-0.3, -0.25) is 9.59 Å². The van der Waals surface area contributed by atoms with Gasteiger partial charge in [-0.15, -0.1) is 0 Å². The summed E-state index contributed by atoms with van der Waals surface area (Å²) in [6.07, 6.45) is -0.317. The van der Waals surface area contributed by atoms with Gasteiger partial charge in [-0.05, 0) is 35.2 Å². The molecule has 3 aromatic rings. The van der Waals surface area contributed by atoms with Crippen LogP contribution in [0.25, 0.3) is 5.69 Å². The summed E-state index contributed by atoms with van der Waals surface area (Å²) in [7, 11) is -3.47. The van der Waals surface area contributed by atoms with E-state index in [0.717, 1.165) is 10.9 Å². The average Bonchev–Trinajstić information content (AvgIpc) is 3.25. The highest BCUT2D eigenvalue weighted by Gasteiger charge is 2.26. The Morgan fingerprint density at radius 1 is 1.13 bits per heavy atom. The van der Waals surface area contributed by atoms with Gasteiger partial charge in [0.1, 0.15) is 18.1 Å². The third-order valence-electron chi connectivity index (χ3n) is 5.77. The van der Waals surface area contributed by atoms with Gasteiger partial charge in [-0.2, -0.15) is 9.78 Å². The first kappa shape index (κ1) is 28.8. The minimum absolute atomic E-state index is 0.00385. The molecule has 0 fully saturated rings. The van der Waals surface area contributed by atoms with Crippen molar-refractivity contribution in [2.45, 2.75) is 44.2 Å². The Kier molecular flexibility index (Phi) is 8.58. The SMILES string of the molecule is CC(C)(C)[C@@H](O)COc1cc(C(=O)N[C@@H](CC(=O)O)c2ccc(S(C)(=O)=O)cc2)nn1-c1ccccc1F. The van der Waals surface area contributed by atoms with E-state index in [9.17, 15) is 32.6 Å². The van der Waals surface area contributed by atoms with Crippen LogP contribution in [0.1, 0.15) is 49.3 Å². The number of aliphatic hydroxyl groups is 1. The molecule has 0 unspecified atom stereocenters. The fourth-order valence-electron chi connectivity index (χ4n) is 3.39. The molecule has 0 saturated heterocycles. The van der Waals surface area contributed by atoms with E-state index in [2.05, 4.69) is 10.4 Å². The summed E-state index contributed by atoms with van der Waals surface area (Å²) in [5.41, 5.74) is -0.312. The molecule has 38 heavy (non-hydrogen) atoms. The second-order valence-corrected chi connectivity index (χ2v) is 11.9. The van der Waals surface area contributed by atoms with Crippen molar-refractivity contribution in [2.75, 3.05) is 12.9 Å². The maximum absolute atomic E-state index is 14.6. The van der Waals surface area contributed by atoms with E-state index < -0.39 is 51.5 Å². The fourth-order valence-corrected chi connectivity index (χ4v) is 4.02. The van der Waals surface area contributed by atoms with E-state index in [4.69, 9.17) is 4.74 Å². The number of hydrogen-bond acceptors (Lipinski definition) is 7. The van der Waals surface area contributed by atoms with Gasteiger partial charge in [0.15, 0.2) is 15.5 Å². The summed E-state index contributed by atoms with van der Waals surface area (Å²) in [4.78, 5) is 24.7. The van der Waals surface area contributed by atoms with Gasteiger partial charge in [0.05, 0.1) is 23.5 Å². The van der Waals surface area contributed by atoms with Crippen LogP contribution in [-0.4, -0.2) is 59.3 Å². The number of rotatable bonds is 10. The van der Waals surface area contributed by atoms with Crippen molar-refractivity contribution >= 4 is 21.7 Å². The first-order valence-corrected chi connectivity index (χ1v) is 13.5. The lowest BCUT2D eigenvalue weighted by atomic mass is 9.90. The van der Waals surface area contributed by atoms with Gasteiger partial charge in [-0.25, -0.2) is 12.8 Å². The lowest BCUT2D eigenvalue weighted by Crippen LogP contribution is -2.32. The quantitative estimate of drug-likeness (QED) is 0.351. The molecule has 2 atom stereocenters. The second-order valence-electron chi connectivity index (χ2n) is 9.89. The molecule has 1 aromatic heterocycles. The molecule has 0 saturated carbocycles. The van der Waals surface area contributed by atoms with Crippen LogP contribution in [0.2, 0.25) is 0 Å². The molecular weight excluding hydrogens is 517 g/mol. The summed E-state index contributed by atoms with van der Waals surface area (Å²) in [6.45, 7) is 5.30. The number of hydrogen-bond donors (Lipinski definition) is 3. The van der Waals surface area contributed by atoms with E-state index in [0.29, 0.717) is 5.56 Å². The molecule has 3 rings (SSSR count). The van der Waals surface area contributed by atoms with E-state index >= 15 is 0 Å². The molecule has 1 heterocycles. The second kappa shape index (κ2) is 11.3. The Labute approximate surface area is 220 Å². The number of carboxylic acids is 1. The summed E-state index contributed by atoms with van der Waals surface area (Å²) < 4.78 is 44.9. The molecule has 0 spiro atoms. The lowest BCUT2D eigenvalue weighted by Gasteiger charge is -2.25. The number of para-hydroxylation sites is 1. The molecule has 10 nitrogen and oxygen atoms in total. The van der Waals surface area contributed by atoms with Crippen molar-refractivity contribution in [3.63, 3.8) is 0 Å². The van der Waals surface area contributed by atoms with Crippen LogP contribution in [0, 0.1) is 11.2 Å². The number of nitrogens with zero attached hydrogens (tertiary/aromatic N) is 2. The fraction of sp³-hybridized carbons (Fsp3) is 0.346. The highest BCUT2D eigenvalue weighted by atomic mass is 32.2. The largest absolute Gasteiger partial charge is 0.481 e. The highest BCUT2D eigenvalue weighted by molar-refractivity contribution is 7.90. The van der Waals surface area contributed by atoms with Crippen LogP contribution in [-0.2, 0) is 14.6 Å². The Balaban J connectivity index is 1.93. The number of ether oxygens (including phenoxy) is 1. The van der Waals surface area contributed by atoms with Crippen molar-refractivity contribution in [3.05, 3.63) is 71.7 Å². The number of carbonyl (C=O) groups is 2. The zero-order valence-corrected chi connectivity index (χ0v) is 22.2. The number of halogens is 1. The van der Waals surface area contributed by atoms with Crippen LogP contribution in [0.15, 0.2) is 59.5 Å². The molecule has 12 heteroatoms. The van der Waals surface area contributed by atoms with Gasteiger partial charge in [0.2, 0.25) is 5.88 Å². The Bertz CT molecular complexity index is 1410. The van der Waals surface area contributed by atoms with E-state index in [-0.39, 0.29) is 28.8 Å². The van der Waals surface area contributed by atoms with Gasteiger partial charge < -0.3 is 20.3 Å². The lowest BCUT2D eigenvalue weighted by molar-refractivity contribution is -0.137. The van der Waals surface area contributed by atoms with Crippen molar-refractivity contribution in [2.24, 2.45) is 5.41 Å². The van der Waals surface area contributed by atoms with Crippen molar-refractivity contribution < 1.29 is 37.3 Å². The van der Waals surface area contributed by atoms with E-state index in [1.165, 1.54) is 48.5 Å². The molecule has 0 aliphatic carbocycles. The topological polar surface area (TPSA) is 148 Å². The molecule has 0 bridgehead atoms. The summed E-state index contributed by atoms with van der Waals surface area (Å²) in [5, 5.41) is 26.5. The van der Waals surface area contributed by atoms with E-state index in [1.54, 1.807) is 6.07 Å². The molecular formula is C26H30FN3O7S. The maximum Gasteiger partial charge on any atom is 0.305 e. The van der Waals surface area contributed by atoms with Crippen LogP contribution in [0.5, 0.6) is 5.88 Å². The Morgan fingerprint density at radius 2 is 1.76 bits per heavy atom. The number of amides is 1. The molecule has 0 aliphatic rings. The van der Waals surface area contributed by atoms with Crippen LogP contribution < -0.4 is 10.1 Å². The molecule has 0 aliphatic heterocycles. The minimum atomic E-state index is -3.47. The normalized spacial score (nSPS) is 13.5. The number of carbonyl (C=O) groups excluding carboxylic acids is 1. The van der Waals surface area contributed by atoms with Crippen LogP contribution in [0.4, 0.5) is 4.39 Å². The first-order valence-electron chi connectivity index (χ1n) is 11.7. The minimum Gasteiger partial charge on any atom is -0.481 e. The zero-order valence-electron chi connectivity index (χ0n) is 21.4. The third kappa shape index (κ3) is 7.17. The highest BCUT2D eigenvalue weighted by Crippen LogP contribution is 2.26. The monoisotopic (exact) mass is 547 g/mol. The smallest absolute Gasteiger partial charge is 0.305 e. The van der Waals surface area contributed by atoms with Crippen molar-refractivity contribution in [3.8, 4) is 11.6 Å². The first-order chi connectivity index (χ1) is 17.7. The van der Waals surface area contributed by atoms with Gasteiger partial charge >= 0.3 is 5.97 Å². The number of benzene rings is 2. The van der Waals surface area contributed by atoms with Crippen LogP contribution in [0.3, 0.4) is 0 Å². The number of aliphatic hydroxyl groups excluding tert-OH is 1. The number of aliphatic carboxylic acids is 1. The number of carboxylic acid groups (broad SMARTS) is 1. The number of nitrogens with one attached hydrogen (secondary N) is 1. The predicted molar refractivity (Wildman–Crippen MR) is 136 cm³/mol. The summed E-state index contributed by atoms with van der Waals surface area (Å²) in [6, 6.07) is 11.5. The molecule has 3 N–H and O–H groups in total.